The van der Waals surface area contributed by atoms with E-state index in [0.29, 0.717) is 5.92 Å². The van der Waals surface area contributed by atoms with Crippen LogP contribution in [0.5, 0.6) is 0 Å². The largest absolute Gasteiger partial charge is 0.106 e. The highest BCUT2D eigenvalue weighted by atomic mass is 14.2. The predicted octanol–water partition coefficient (Wildman–Crippen LogP) is 19.9. The molecule has 0 amide bonds. The average Bonchev–Trinajstić information content (AvgIpc) is 3.15. The van der Waals surface area contributed by atoms with Crippen molar-refractivity contribution in [2.45, 2.75) is 204 Å². The van der Waals surface area contributed by atoms with E-state index in [2.05, 4.69) is 187 Å². The van der Waals surface area contributed by atoms with Crippen molar-refractivity contribution in [3.63, 3.8) is 0 Å². The SMILES string of the molecule is C/C=C\C(C)=C/CC.C=C.C=CCC.C=Cc1ccc(C)cc1C.CC.CC.CC1=C(C(C)C)CCC=C1C(C)C.CCC.CCC(C)C.CCCC. The minimum atomic E-state index is 0.689. The molecule has 0 bridgehead atoms. The Morgan fingerprint density at radius 2 is 1.19 bits per heavy atom. The molecule has 0 fully saturated rings. The van der Waals surface area contributed by atoms with E-state index in [4.69, 9.17) is 0 Å². The van der Waals surface area contributed by atoms with Crippen LogP contribution in [0.15, 0.2) is 97.2 Å². The number of unbranched alkanes of at least 4 members (excludes halogenated alkanes) is 1. The van der Waals surface area contributed by atoms with Gasteiger partial charge in [0.15, 0.2) is 0 Å². The Bertz CT molecular complexity index is 969. The van der Waals surface area contributed by atoms with Crippen molar-refractivity contribution in [2.24, 2.45) is 17.8 Å². The third-order valence-electron chi connectivity index (χ3n) is 7.22. The first-order chi connectivity index (χ1) is 25.1. The third-order valence-corrected chi connectivity index (χ3v) is 7.22. The van der Waals surface area contributed by atoms with Crippen LogP contribution in [0, 0.1) is 31.6 Å². The number of aryl methyl sites for hydroxylation is 2. The fourth-order valence-corrected chi connectivity index (χ4v) is 4.01. The molecular formula is C53H102. The monoisotopic (exact) mass is 739 g/mol. The topological polar surface area (TPSA) is 0 Å². The van der Waals surface area contributed by atoms with Gasteiger partial charge in [0.25, 0.3) is 0 Å². The highest BCUT2D eigenvalue weighted by Crippen LogP contribution is 2.33. The van der Waals surface area contributed by atoms with Crippen LogP contribution in [0.3, 0.4) is 0 Å². The number of hydrogen-bond acceptors (Lipinski definition) is 0. The average molecular weight is 739 g/mol. The molecule has 0 saturated carbocycles. The molecule has 2 rings (SSSR count). The molecule has 314 valence electrons. The summed E-state index contributed by atoms with van der Waals surface area (Å²) in [6, 6.07) is 6.36. The molecular weight excluding hydrogens is 637 g/mol. The molecule has 0 unspecified atom stereocenters. The molecule has 0 atom stereocenters. The Morgan fingerprint density at radius 1 is 0.755 bits per heavy atom. The zero-order chi connectivity index (χ0) is 43.8. The molecule has 0 saturated heterocycles. The summed E-state index contributed by atoms with van der Waals surface area (Å²) in [6.07, 6.45) is 22.5. The van der Waals surface area contributed by atoms with Gasteiger partial charge >= 0.3 is 0 Å². The van der Waals surface area contributed by atoms with Crippen LogP contribution < -0.4 is 0 Å². The van der Waals surface area contributed by atoms with E-state index in [0.717, 1.165) is 24.7 Å². The van der Waals surface area contributed by atoms with E-state index in [1.54, 1.807) is 16.7 Å². The van der Waals surface area contributed by atoms with Crippen LogP contribution in [0.25, 0.3) is 6.08 Å². The van der Waals surface area contributed by atoms with E-state index < -0.39 is 0 Å². The molecule has 0 nitrogen and oxygen atoms in total. The van der Waals surface area contributed by atoms with Crippen LogP contribution in [0.2, 0.25) is 0 Å². The van der Waals surface area contributed by atoms with Crippen LogP contribution in [0.4, 0.5) is 0 Å². The first kappa shape index (κ1) is 68.4. The third kappa shape index (κ3) is 56.3. The summed E-state index contributed by atoms with van der Waals surface area (Å²) in [5, 5.41) is 0. The lowest BCUT2D eigenvalue weighted by molar-refractivity contribution is 0.626. The van der Waals surface area contributed by atoms with E-state index >= 15 is 0 Å². The number of hydrogen-bond donors (Lipinski definition) is 0. The van der Waals surface area contributed by atoms with Gasteiger partial charge in [-0.1, -0.05) is 221 Å². The fraction of sp³-hybridized carbons (Fsp3) is 0.623. The molecule has 53 heavy (non-hydrogen) atoms. The van der Waals surface area contributed by atoms with Crippen LogP contribution in [0.1, 0.15) is 207 Å². The van der Waals surface area contributed by atoms with Gasteiger partial charge in [0.1, 0.15) is 0 Å². The van der Waals surface area contributed by atoms with Gasteiger partial charge in [-0.05, 0) is 100 Å². The maximum Gasteiger partial charge on any atom is -0.0219 e. The van der Waals surface area contributed by atoms with Gasteiger partial charge in [0.2, 0.25) is 0 Å². The second kappa shape index (κ2) is 58.7. The van der Waals surface area contributed by atoms with E-state index in [1.165, 1.54) is 60.8 Å². The van der Waals surface area contributed by atoms with Gasteiger partial charge in [-0.25, -0.2) is 0 Å². The first-order valence-electron chi connectivity index (χ1n) is 21.6. The summed E-state index contributed by atoms with van der Waals surface area (Å²) < 4.78 is 0. The van der Waals surface area contributed by atoms with Crippen LogP contribution in [-0.2, 0) is 0 Å². The Hall–Kier alpha value is -2.60. The Morgan fingerprint density at radius 3 is 1.45 bits per heavy atom. The molecule has 0 radical (unpaired) electrons. The summed E-state index contributed by atoms with van der Waals surface area (Å²) in [5.74, 6) is 2.30. The fourth-order valence-electron chi connectivity index (χ4n) is 4.01. The molecule has 1 aliphatic rings. The Balaban J connectivity index is -0.0000000763. The van der Waals surface area contributed by atoms with Gasteiger partial charge in [-0.15, -0.1) is 19.7 Å². The van der Waals surface area contributed by atoms with Gasteiger partial charge in [-0.3, -0.25) is 0 Å². The van der Waals surface area contributed by atoms with Crippen molar-refractivity contribution < 1.29 is 0 Å². The summed E-state index contributed by atoms with van der Waals surface area (Å²) in [7, 11) is 0. The second-order valence-corrected chi connectivity index (χ2v) is 13.3. The Labute approximate surface area is 340 Å². The molecule has 0 spiro atoms. The lowest BCUT2D eigenvalue weighted by Gasteiger charge is -2.24. The lowest BCUT2D eigenvalue weighted by atomic mass is 9.82. The molecule has 0 aromatic heterocycles. The quantitative estimate of drug-likeness (QED) is 0.184. The lowest BCUT2D eigenvalue weighted by Crippen LogP contribution is -2.07. The maximum absolute atomic E-state index is 3.72. The van der Waals surface area contributed by atoms with Gasteiger partial charge in [-0.2, -0.15) is 0 Å². The molecule has 1 aromatic rings. The molecule has 0 heteroatoms. The summed E-state index contributed by atoms with van der Waals surface area (Å²) in [6.45, 7) is 60.5. The van der Waals surface area contributed by atoms with E-state index in [9.17, 15) is 0 Å². The highest BCUT2D eigenvalue weighted by molar-refractivity contribution is 5.52. The normalized spacial score (nSPS) is 10.9. The zero-order valence-corrected chi connectivity index (χ0v) is 40.9. The standard InChI is InChI=1S/C13H22.C10H12.C8H14.C5H12.C4H10.C4H8.C3H8.2C2H6.C2H4/c1-9(2)12-7-6-8-13(10(3)4)11(12)5;1-4-10-6-5-8(2)7-9(10)3;1-4-6-8(3)7-5-2;1-4-5(2)3;2*1-3-4-2;1-3-2;3*1-2/h7,9-10H,6,8H2,1-5H3;4-7H,1H2,2-3H3;4,6-7H,5H2,1-3H3;5H,4H2,1-3H3;3-4H2,1-2H3;3H,1,4H2,2H3;3H2,1-2H3;2*1-2H3;1-2H2/b;;6-4-,8-7-;;;;;;;. The van der Waals surface area contributed by atoms with Crippen molar-refractivity contribution in [3.8, 4) is 0 Å². The van der Waals surface area contributed by atoms with Crippen molar-refractivity contribution >= 4 is 6.08 Å². The van der Waals surface area contributed by atoms with Gasteiger partial charge < -0.3 is 0 Å². The minimum absolute atomic E-state index is 0.689. The summed E-state index contributed by atoms with van der Waals surface area (Å²) in [5.41, 5.74) is 10.0. The summed E-state index contributed by atoms with van der Waals surface area (Å²) in [4.78, 5) is 0. The van der Waals surface area contributed by atoms with Gasteiger partial charge in [0.05, 0.1) is 0 Å². The first-order valence-corrected chi connectivity index (χ1v) is 21.6. The maximum atomic E-state index is 3.72. The molecule has 0 N–H and O–H groups in total. The van der Waals surface area contributed by atoms with Crippen molar-refractivity contribution in [3.05, 3.63) is 114 Å². The van der Waals surface area contributed by atoms with Gasteiger partial charge in [0, 0.05) is 0 Å². The number of allylic oxidation sites excluding steroid dienone is 9. The molecule has 1 aromatic carbocycles. The van der Waals surface area contributed by atoms with E-state index in [1.807, 2.05) is 46.8 Å². The highest BCUT2D eigenvalue weighted by Gasteiger charge is 2.16. The second-order valence-electron chi connectivity index (χ2n) is 13.3. The number of rotatable bonds is 8. The van der Waals surface area contributed by atoms with E-state index in [-0.39, 0.29) is 0 Å². The Kier molecular flexibility index (Phi) is 75.8. The number of benzene rings is 1. The predicted molar refractivity (Wildman–Crippen MR) is 261 cm³/mol. The van der Waals surface area contributed by atoms with Crippen molar-refractivity contribution in [1.82, 2.24) is 0 Å². The smallest absolute Gasteiger partial charge is 0.0219 e. The van der Waals surface area contributed by atoms with Crippen molar-refractivity contribution in [1.29, 1.82) is 0 Å². The van der Waals surface area contributed by atoms with Crippen LogP contribution in [-0.4, -0.2) is 0 Å². The zero-order valence-electron chi connectivity index (χ0n) is 40.9. The molecule has 1 aliphatic carbocycles. The minimum Gasteiger partial charge on any atom is -0.106 e. The molecule has 0 aliphatic heterocycles. The summed E-state index contributed by atoms with van der Waals surface area (Å²) >= 11 is 0. The van der Waals surface area contributed by atoms with Crippen LogP contribution >= 0.6 is 0 Å². The molecule has 0 heterocycles. The van der Waals surface area contributed by atoms with Crippen molar-refractivity contribution in [2.75, 3.05) is 0 Å².